The molecule has 0 fully saturated rings. The van der Waals surface area contributed by atoms with Gasteiger partial charge in [-0.15, -0.1) is 0 Å². The highest BCUT2D eigenvalue weighted by Gasteiger charge is 2.05. The summed E-state index contributed by atoms with van der Waals surface area (Å²) in [5.74, 6) is -0.134. The number of aryl methyl sites for hydroxylation is 1. The summed E-state index contributed by atoms with van der Waals surface area (Å²) >= 11 is 0. The third-order valence-electron chi connectivity index (χ3n) is 6.46. The maximum Gasteiger partial charge on any atom is 0.306 e. The predicted molar refractivity (Wildman–Crippen MR) is 146 cm³/mol. The summed E-state index contributed by atoms with van der Waals surface area (Å²) in [6.45, 7) is 8.77. The van der Waals surface area contributed by atoms with Gasteiger partial charge in [-0.05, 0) is 24.8 Å². The van der Waals surface area contributed by atoms with Crippen LogP contribution in [0, 0.1) is 0 Å². The number of rotatable bonds is 25. The summed E-state index contributed by atoms with van der Waals surface area (Å²) in [6, 6.07) is 6.09. The highest BCUT2D eigenvalue weighted by Crippen LogP contribution is 2.13. The van der Waals surface area contributed by atoms with E-state index in [0.29, 0.717) is 13.0 Å². The van der Waals surface area contributed by atoms with E-state index in [0.717, 1.165) is 44.4 Å². The molecule has 0 atom stereocenters. The fourth-order valence-electron chi connectivity index (χ4n) is 4.24. The fourth-order valence-corrected chi connectivity index (χ4v) is 4.24. The van der Waals surface area contributed by atoms with Crippen molar-refractivity contribution >= 4 is 5.97 Å². The molecular weight excluding hydrogens is 434 g/mol. The molecular formula is C31H54NO3+. The van der Waals surface area contributed by atoms with Gasteiger partial charge >= 0.3 is 5.97 Å². The van der Waals surface area contributed by atoms with Crippen molar-refractivity contribution in [3.8, 4) is 0 Å². The average Bonchev–Trinajstić information content (AvgIpc) is 2.87. The van der Waals surface area contributed by atoms with E-state index in [1.807, 2.05) is 18.2 Å². The van der Waals surface area contributed by atoms with Crippen LogP contribution in [0.3, 0.4) is 0 Å². The molecule has 200 valence electrons. The molecule has 1 aromatic heterocycles. The predicted octanol–water partition coefficient (Wildman–Crippen LogP) is 8.13. The van der Waals surface area contributed by atoms with Gasteiger partial charge in [0.2, 0.25) is 0 Å². The normalized spacial score (nSPS) is 11.0. The second-order valence-corrected chi connectivity index (χ2v) is 9.98. The monoisotopic (exact) mass is 488 g/mol. The first-order valence-electron chi connectivity index (χ1n) is 14.6. The molecule has 1 heterocycles. The molecule has 0 bridgehead atoms. The molecule has 0 radical (unpaired) electrons. The minimum absolute atomic E-state index is 0.134. The van der Waals surface area contributed by atoms with Crippen LogP contribution in [0.1, 0.15) is 122 Å². The van der Waals surface area contributed by atoms with Crippen LogP contribution in [-0.4, -0.2) is 25.8 Å². The first-order chi connectivity index (χ1) is 17.2. The molecule has 4 heteroatoms. The van der Waals surface area contributed by atoms with Gasteiger partial charge in [-0.3, -0.25) is 4.79 Å². The number of carbonyl (C=O) groups excluding carboxylic acids is 1. The molecule has 0 aromatic carbocycles. The molecule has 35 heavy (non-hydrogen) atoms. The molecule has 1 rings (SSSR count). The lowest BCUT2D eigenvalue weighted by Crippen LogP contribution is -2.32. The topological polar surface area (TPSA) is 39.4 Å². The van der Waals surface area contributed by atoms with Gasteiger partial charge in [0.1, 0.15) is 13.2 Å². The van der Waals surface area contributed by atoms with Crippen molar-refractivity contribution in [2.45, 2.75) is 129 Å². The van der Waals surface area contributed by atoms with Crippen molar-refractivity contribution in [1.82, 2.24) is 0 Å². The zero-order valence-corrected chi connectivity index (χ0v) is 22.8. The Bertz CT molecular complexity index is 617. The smallest absolute Gasteiger partial charge is 0.306 e. The Morgan fingerprint density at radius 3 is 1.83 bits per heavy atom. The number of unbranched alkanes of at least 4 members (excludes halogenated alkanes) is 15. The van der Waals surface area contributed by atoms with Crippen molar-refractivity contribution in [2.75, 3.05) is 19.8 Å². The zero-order chi connectivity index (χ0) is 25.2. The van der Waals surface area contributed by atoms with Crippen LogP contribution in [0.25, 0.3) is 0 Å². The molecule has 0 unspecified atom stereocenters. The van der Waals surface area contributed by atoms with E-state index in [1.54, 1.807) is 0 Å². The molecule has 0 saturated carbocycles. The first kappa shape index (κ1) is 31.4. The van der Waals surface area contributed by atoms with E-state index in [4.69, 9.17) is 9.47 Å². The number of esters is 1. The quantitative estimate of drug-likeness (QED) is 0.0603. The van der Waals surface area contributed by atoms with E-state index < -0.39 is 0 Å². The van der Waals surface area contributed by atoms with Crippen LogP contribution in [0.4, 0.5) is 0 Å². The van der Waals surface area contributed by atoms with E-state index in [2.05, 4.69) is 30.5 Å². The molecule has 0 aliphatic heterocycles. The molecule has 0 N–H and O–H groups in total. The highest BCUT2D eigenvalue weighted by molar-refractivity contribution is 5.69. The molecule has 0 amide bonds. The van der Waals surface area contributed by atoms with E-state index >= 15 is 0 Å². The van der Waals surface area contributed by atoms with E-state index in [-0.39, 0.29) is 12.6 Å². The number of carbonyl (C=O) groups is 1. The number of aromatic nitrogens is 1. The van der Waals surface area contributed by atoms with E-state index in [9.17, 15) is 4.79 Å². The van der Waals surface area contributed by atoms with Crippen molar-refractivity contribution in [1.29, 1.82) is 0 Å². The van der Waals surface area contributed by atoms with Gasteiger partial charge in [-0.2, -0.15) is 0 Å². The second-order valence-electron chi connectivity index (χ2n) is 9.98. The van der Waals surface area contributed by atoms with Gasteiger partial charge in [0.25, 0.3) is 0 Å². The van der Waals surface area contributed by atoms with Crippen LogP contribution in [-0.2, 0) is 20.8 Å². The first-order valence-corrected chi connectivity index (χ1v) is 14.6. The number of pyridine rings is 1. The van der Waals surface area contributed by atoms with Gasteiger partial charge in [0.05, 0.1) is 6.61 Å². The molecule has 0 spiro atoms. The Morgan fingerprint density at radius 2 is 1.23 bits per heavy atom. The van der Waals surface area contributed by atoms with Crippen molar-refractivity contribution in [2.24, 2.45) is 0 Å². The Kier molecular flexibility index (Phi) is 21.5. The van der Waals surface area contributed by atoms with Gasteiger partial charge in [-0.1, -0.05) is 103 Å². The molecule has 4 nitrogen and oxygen atoms in total. The average molecular weight is 489 g/mol. The summed E-state index contributed by atoms with van der Waals surface area (Å²) < 4.78 is 13.2. The highest BCUT2D eigenvalue weighted by atomic mass is 16.5. The minimum atomic E-state index is -0.134. The minimum Gasteiger partial charge on any atom is -0.461 e. The molecule has 1 aromatic rings. The van der Waals surface area contributed by atoms with Crippen LogP contribution in [0.15, 0.2) is 42.7 Å². The number of ether oxygens (including phenoxy) is 2. The summed E-state index contributed by atoms with van der Waals surface area (Å²) in [5.41, 5.74) is 0.837. The number of hydrogen-bond acceptors (Lipinski definition) is 3. The summed E-state index contributed by atoms with van der Waals surface area (Å²) in [4.78, 5) is 11.9. The Balaban J connectivity index is 1.78. The Morgan fingerprint density at radius 1 is 0.686 bits per heavy atom. The van der Waals surface area contributed by atoms with Gasteiger partial charge in [0.15, 0.2) is 12.4 Å². The van der Waals surface area contributed by atoms with Crippen molar-refractivity contribution in [3.63, 3.8) is 0 Å². The SMILES string of the molecule is C=C(COCCCCCCCCCCCCCCCC)COC(=O)CCCCC[n+]1ccccc1. The maximum atomic E-state index is 11.9. The van der Waals surface area contributed by atoms with Gasteiger partial charge in [-0.25, -0.2) is 4.57 Å². The van der Waals surface area contributed by atoms with Crippen LogP contribution >= 0.6 is 0 Å². The molecule has 0 aliphatic carbocycles. The lowest BCUT2D eigenvalue weighted by atomic mass is 10.0. The van der Waals surface area contributed by atoms with Crippen molar-refractivity contribution < 1.29 is 18.8 Å². The Labute approximate surface area is 216 Å². The summed E-state index contributed by atoms with van der Waals surface area (Å²) in [5, 5.41) is 0. The summed E-state index contributed by atoms with van der Waals surface area (Å²) in [7, 11) is 0. The third-order valence-corrected chi connectivity index (χ3v) is 6.46. The zero-order valence-electron chi connectivity index (χ0n) is 22.8. The van der Waals surface area contributed by atoms with Gasteiger partial charge in [0, 0.05) is 31.6 Å². The standard InChI is InChI=1S/C31H54NO3/c1-3-4-5-6-7-8-9-10-11-12-13-14-15-22-27-34-28-30(2)29-35-31(33)23-18-16-19-24-32-25-20-17-21-26-32/h17,20-21,25-26H,2-16,18-19,22-24,27-29H2,1H3/q+1. The van der Waals surface area contributed by atoms with Crippen LogP contribution in [0.2, 0.25) is 0 Å². The third kappa shape index (κ3) is 21.3. The van der Waals surface area contributed by atoms with Crippen LogP contribution in [0.5, 0.6) is 0 Å². The second kappa shape index (κ2) is 24.0. The van der Waals surface area contributed by atoms with Crippen LogP contribution < -0.4 is 4.57 Å². The lowest BCUT2D eigenvalue weighted by Gasteiger charge is -2.09. The fraction of sp³-hybridized carbons (Fsp3) is 0.742. The number of nitrogens with zero attached hydrogens (tertiary/aromatic N) is 1. The maximum absolute atomic E-state index is 11.9. The van der Waals surface area contributed by atoms with Gasteiger partial charge < -0.3 is 9.47 Å². The number of hydrogen-bond donors (Lipinski definition) is 0. The van der Waals surface area contributed by atoms with Crippen molar-refractivity contribution in [3.05, 3.63) is 42.7 Å². The lowest BCUT2D eigenvalue weighted by molar-refractivity contribution is -0.697. The largest absolute Gasteiger partial charge is 0.461 e. The summed E-state index contributed by atoms with van der Waals surface area (Å²) in [6.07, 6.45) is 26.7. The molecule has 0 saturated heterocycles. The van der Waals surface area contributed by atoms with E-state index in [1.165, 1.54) is 83.5 Å². The molecule has 0 aliphatic rings. The Hall–Kier alpha value is -1.68.